The highest BCUT2D eigenvalue weighted by Gasteiger charge is 2.27. The van der Waals surface area contributed by atoms with Gasteiger partial charge in [-0.05, 0) is 89.9 Å². The first kappa shape index (κ1) is 19.1. The SMILES string of the molecule is Cc1cc(I)ccc1NC(=O)/C=C/c1ccc(S(=O)(=O)NC2CC2)cc1. The predicted octanol–water partition coefficient (Wildman–Crippen LogP) is 3.69. The van der Waals surface area contributed by atoms with Crippen molar-refractivity contribution in [2.45, 2.75) is 30.7 Å². The third-order valence-corrected chi connectivity index (χ3v) is 6.17. The lowest BCUT2D eigenvalue weighted by Gasteiger charge is -2.07. The van der Waals surface area contributed by atoms with Gasteiger partial charge in [-0.3, -0.25) is 4.79 Å². The summed E-state index contributed by atoms with van der Waals surface area (Å²) in [6, 6.07) is 12.3. The normalized spacial score (nSPS) is 14.5. The van der Waals surface area contributed by atoms with Crippen LogP contribution in [-0.4, -0.2) is 20.4 Å². The molecule has 136 valence electrons. The smallest absolute Gasteiger partial charge is 0.248 e. The number of sulfonamides is 1. The first-order chi connectivity index (χ1) is 12.3. The van der Waals surface area contributed by atoms with Gasteiger partial charge in [-0.25, -0.2) is 13.1 Å². The molecule has 7 heteroatoms. The van der Waals surface area contributed by atoms with E-state index in [9.17, 15) is 13.2 Å². The minimum atomic E-state index is -3.45. The molecule has 0 heterocycles. The van der Waals surface area contributed by atoms with Crippen LogP contribution in [0.25, 0.3) is 6.08 Å². The second kappa shape index (κ2) is 7.89. The average molecular weight is 482 g/mol. The summed E-state index contributed by atoms with van der Waals surface area (Å²) in [7, 11) is -3.45. The second-order valence-corrected chi connectivity index (χ2v) is 9.21. The maximum atomic E-state index is 12.1. The van der Waals surface area contributed by atoms with Crippen LogP contribution in [0.15, 0.2) is 53.4 Å². The fourth-order valence-corrected chi connectivity index (χ4v) is 4.31. The van der Waals surface area contributed by atoms with Gasteiger partial charge in [0.1, 0.15) is 0 Å². The number of halogens is 1. The molecule has 3 rings (SSSR count). The summed E-state index contributed by atoms with van der Waals surface area (Å²) >= 11 is 2.22. The number of hydrogen-bond acceptors (Lipinski definition) is 3. The van der Waals surface area contributed by atoms with Crippen LogP contribution in [0.5, 0.6) is 0 Å². The molecule has 0 aliphatic heterocycles. The van der Waals surface area contributed by atoms with Gasteiger partial charge in [-0.15, -0.1) is 0 Å². The van der Waals surface area contributed by atoms with E-state index in [0.717, 1.165) is 33.2 Å². The number of nitrogens with one attached hydrogen (secondary N) is 2. The van der Waals surface area contributed by atoms with Crippen LogP contribution in [0.3, 0.4) is 0 Å². The third kappa shape index (κ3) is 5.15. The summed E-state index contributed by atoms with van der Waals surface area (Å²) in [5.41, 5.74) is 2.52. The van der Waals surface area contributed by atoms with Crippen LogP contribution in [0, 0.1) is 10.5 Å². The first-order valence-corrected chi connectivity index (χ1v) is 10.8. The summed E-state index contributed by atoms with van der Waals surface area (Å²) < 4.78 is 28.0. The Balaban J connectivity index is 1.63. The van der Waals surface area contributed by atoms with Gasteiger partial charge < -0.3 is 5.32 Å². The minimum absolute atomic E-state index is 0.0768. The summed E-state index contributed by atoms with van der Waals surface area (Å²) in [5, 5.41) is 2.84. The van der Waals surface area contributed by atoms with Crippen molar-refractivity contribution in [2.75, 3.05) is 5.32 Å². The standard InChI is InChI=1S/C19H19IN2O3S/c1-13-12-15(20)5-10-18(13)21-19(23)11-4-14-2-8-17(9-3-14)26(24,25)22-16-6-7-16/h2-5,8-12,16,22H,6-7H2,1H3,(H,21,23)/b11-4+. The monoisotopic (exact) mass is 482 g/mol. The quantitative estimate of drug-likeness (QED) is 0.487. The van der Waals surface area contributed by atoms with Crippen LogP contribution in [0.1, 0.15) is 24.0 Å². The highest BCUT2D eigenvalue weighted by molar-refractivity contribution is 14.1. The largest absolute Gasteiger partial charge is 0.322 e. The lowest BCUT2D eigenvalue weighted by atomic mass is 10.2. The molecule has 0 bridgehead atoms. The predicted molar refractivity (Wildman–Crippen MR) is 111 cm³/mol. The summed E-state index contributed by atoms with van der Waals surface area (Å²) in [4.78, 5) is 12.3. The highest BCUT2D eigenvalue weighted by Crippen LogP contribution is 2.22. The van der Waals surface area contributed by atoms with Gasteiger partial charge in [0.2, 0.25) is 15.9 Å². The van der Waals surface area contributed by atoms with Gasteiger partial charge in [0.15, 0.2) is 0 Å². The van der Waals surface area contributed by atoms with Gasteiger partial charge in [0, 0.05) is 21.4 Å². The zero-order chi connectivity index (χ0) is 18.7. The molecular formula is C19H19IN2O3S. The van der Waals surface area contributed by atoms with E-state index in [0.29, 0.717) is 0 Å². The molecule has 0 unspecified atom stereocenters. The molecule has 0 spiro atoms. The zero-order valence-electron chi connectivity index (χ0n) is 14.2. The van der Waals surface area contributed by atoms with E-state index in [2.05, 4.69) is 32.6 Å². The Bertz CT molecular complexity index is 949. The zero-order valence-corrected chi connectivity index (χ0v) is 17.2. The molecule has 26 heavy (non-hydrogen) atoms. The molecule has 2 aromatic carbocycles. The maximum absolute atomic E-state index is 12.1. The lowest BCUT2D eigenvalue weighted by molar-refractivity contribution is -0.111. The molecule has 1 saturated carbocycles. The molecule has 0 atom stereocenters. The molecule has 1 amide bonds. The fraction of sp³-hybridized carbons (Fsp3) is 0.211. The van der Waals surface area contributed by atoms with Crippen molar-refractivity contribution < 1.29 is 13.2 Å². The Labute approximate surface area is 167 Å². The van der Waals surface area contributed by atoms with E-state index in [1.54, 1.807) is 30.3 Å². The molecule has 0 aromatic heterocycles. The molecule has 2 aromatic rings. The third-order valence-electron chi connectivity index (χ3n) is 3.96. The van der Waals surface area contributed by atoms with Crippen molar-refractivity contribution >= 4 is 50.3 Å². The van der Waals surface area contributed by atoms with Crippen molar-refractivity contribution in [1.29, 1.82) is 0 Å². The first-order valence-electron chi connectivity index (χ1n) is 8.21. The maximum Gasteiger partial charge on any atom is 0.248 e. The number of hydrogen-bond donors (Lipinski definition) is 2. The van der Waals surface area contributed by atoms with E-state index < -0.39 is 10.0 Å². The fourth-order valence-electron chi connectivity index (χ4n) is 2.36. The van der Waals surface area contributed by atoms with E-state index in [1.807, 2.05) is 25.1 Å². The van der Waals surface area contributed by atoms with Crippen molar-refractivity contribution in [3.8, 4) is 0 Å². The van der Waals surface area contributed by atoms with Crippen LogP contribution in [0.2, 0.25) is 0 Å². The van der Waals surface area contributed by atoms with Crippen molar-refractivity contribution in [3.05, 3.63) is 63.2 Å². The van der Waals surface area contributed by atoms with Crippen LogP contribution < -0.4 is 10.0 Å². The summed E-state index contributed by atoms with van der Waals surface area (Å²) in [5.74, 6) is -0.235. The van der Waals surface area contributed by atoms with Crippen LogP contribution in [0.4, 0.5) is 5.69 Å². The second-order valence-electron chi connectivity index (χ2n) is 6.25. The summed E-state index contributed by atoms with van der Waals surface area (Å²) in [6.45, 7) is 1.94. The minimum Gasteiger partial charge on any atom is -0.322 e. The number of amides is 1. The molecule has 0 saturated heterocycles. The Morgan fingerprint density at radius 1 is 1.15 bits per heavy atom. The van der Waals surface area contributed by atoms with Gasteiger partial charge in [0.25, 0.3) is 0 Å². The molecule has 5 nitrogen and oxygen atoms in total. The molecular weight excluding hydrogens is 463 g/mol. The van der Waals surface area contributed by atoms with Gasteiger partial charge in [-0.1, -0.05) is 12.1 Å². The molecule has 0 radical (unpaired) electrons. The number of benzene rings is 2. The van der Waals surface area contributed by atoms with Gasteiger partial charge >= 0.3 is 0 Å². The van der Waals surface area contributed by atoms with E-state index >= 15 is 0 Å². The Kier molecular flexibility index (Phi) is 5.79. The molecule has 1 fully saturated rings. The van der Waals surface area contributed by atoms with Crippen molar-refractivity contribution in [1.82, 2.24) is 4.72 Å². The number of rotatable bonds is 6. The lowest BCUT2D eigenvalue weighted by Crippen LogP contribution is -2.25. The summed E-state index contributed by atoms with van der Waals surface area (Å²) in [6.07, 6.45) is 4.88. The number of carbonyl (C=O) groups is 1. The van der Waals surface area contributed by atoms with E-state index in [4.69, 9.17) is 0 Å². The van der Waals surface area contributed by atoms with Crippen molar-refractivity contribution in [3.63, 3.8) is 0 Å². The van der Waals surface area contributed by atoms with Crippen LogP contribution in [-0.2, 0) is 14.8 Å². The Morgan fingerprint density at radius 2 is 1.85 bits per heavy atom. The molecule has 2 N–H and O–H groups in total. The number of carbonyl (C=O) groups excluding carboxylic acids is 1. The van der Waals surface area contributed by atoms with Crippen LogP contribution >= 0.6 is 22.6 Å². The Morgan fingerprint density at radius 3 is 2.46 bits per heavy atom. The molecule has 1 aliphatic rings. The van der Waals surface area contributed by atoms with Gasteiger partial charge in [-0.2, -0.15) is 0 Å². The number of aryl methyl sites for hydroxylation is 1. The highest BCUT2D eigenvalue weighted by atomic mass is 127. The van der Waals surface area contributed by atoms with E-state index in [-0.39, 0.29) is 16.8 Å². The Hall–Kier alpha value is -1.71. The number of anilines is 1. The van der Waals surface area contributed by atoms with E-state index in [1.165, 1.54) is 6.08 Å². The molecule has 1 aliphatic carbocycles. The average Bonchev–Trinajstić information content (AvgIpc) is 3.39. The van der Waals surface area contributed by atoms with Gasteiger partial charge in [0.05, 0.1) is 4.90 Å². The topological polar surface area (TPSA) is 75.3 Å². The van der Waals surface area contributed by atoms with Crippen molar-refractivity contribution in [2.24, 2.45) is 0 Å².